The maximum Gasteiger partial charge on any atom is 0.303 e. The second-order valence-corrected chi connectivity index (χ2v) is 12.1. The molecule has 10 heteroatoms. The zero-order valence-corrected chi connectivity index (χ0v) is 25.9. The monoisotopic (exact) mass is 610 g/mol. The molecule has 6 rings (SSSR count). The first-order valence-electron chi connectivity index (χ1n) is 15.8. The fraction of sp³-hybridized carbons (Fsp3) is 0.400. The largest absolute Gasteiger partial charge is 0.481 e. The molecular formula is C35H38N4O6. The average Bonchev–Trinajstić information content (AvgIpc) is 3.59. The molecule has 0 saturated heterocycles. The van der Waals surface area contributed by atoms with Gasteiger partial charge in [-0.25, -0.2) is 4.99 Å². The van der Waals surface area contributed by atoms with E-state index in [0.29, 0.717) is 44.4 Å². The van der Waals surface area contributed by atoms with E-state index in [2.05, 4.69) is 19.9 Å². The molecule has 0 fully saturated rings. The normalized spacial score (nSPS) is 19.0. The van der Waals surface area contributed by atoms with Crippen LogP contribution >= 0.6 is 0 Å². The zero-order chi connectivity index (χ0) is 32.0. The Kier molecular flexibility index (Phi) is 8.07. The van der Waals surface area contributed by atoms with Crippen LogP contribution in [0, 0.1) is 6.92 Å². The fourth-order valence-electron chi connectivity index (χ4n) is 7.37. The minimum atomic E-state index is -0.889. The van der Waals surface area contributed by atoms with Gasteiger partial charge >= 0.3 is 11.9 Å². The van der Waals surface area contributed by atoms with Crippen LogP contribution in [0.15, 0.2) is 33.0 Å². The van der Waals surface area contributed by atoms with Crippen LogP contribution in [0.3, 0.4) is 0 Å². The summed E-state index contributed by atoms with van der Waals surface area (Å²) in [5.74, 6) is -2.01. The first-order valence-corrected chi connectivity index (χ1v) is 15.8. The number of allylic oxidation sites excluding steroid dienone is 2. The highest BCUT2D eigenvalue weighted by atomic mass is 16.4. The van der Waals surface area contributed by atoms with E-state index in [9.17, 15) is 29.4 Å². The average molecular weight is 611 g/mol. The van der Waals surface area contributed by atoms with E-state index in [1.807, 2.05) is 39.0 Å². The van der Waals surface area contributed by atoms with Crippen molar-refractivity contribution in [1.29, 1.82) is 0 Å². The zero-order valence-electron chi connectivity index (χ0n) is 25.9. The van der Waals surface area contributed by atoms with Crippen LogP contribution in [0.2, 0.25) is 0 Å². The number of carboxylic acids is 2. The number of hydrogen-bond donors (Lipinski definition) is 4. The molecule has 4 aliphatic rings. The summed E-state index contributed by atoms with van der Waals surface area (Å²) in [7, 11) is 0. The van der Waals surface area contributed by atoms with E-state index >= 15 is 0 Å². The number of fused-ring (bicyclic) bond motifs is 4. The van der Waals surface area contributed by atoms with Crippen molar-refractivity contribution in [3.8, 4) is 0 Å². The van der Waals surface area contributed by atoms with Crippen molar-refractivity contribution in [2.24, 2.45) is 4.99 Å². The second kappa shape index (κ2) is 12.0. The van der Waals surface area contributed by atoms with Gasteiger partial charge in [-0.1, -0.05) is 13.8 Å². The van der Waals surface area contributed by atoms with Crippen molar-refractivity contribution in [2.45, 2.75) is 91.5 Å². The number of aliphatic carboxylic acids is 2. The van der Waals surface area contributed by atoms with E-state index < -0.39 is 11.9 Å². The number of nitrogens with zero attached hydrogens (tertiary/aromatic N) is 2. The Hall–Kier alpha value is -4.73. The number of carboxylic acid groups (broad SMARTS) is 2. The van der Waals surface area contributed by atoms with Gasteiger partial charge in [-0.3, -0.25) is 19.2 Å². The van der Waals surface area contributed by atoms with Gasteiger partial charge < -0.3 is 25.1 Å². The van der Waals surface area contributed by atoms with Crippen molar-refractivity contribution >= 4 is 47.7 Å². The Labute approximate surface area is 260 Å². The first-order chi connectivity index (χ1) is 21.6. The fourth-order valence-corrected chi connectivity index (χ4v) is 7.37. The number of aliphatic imine (C=N–C) groups is 1. The quantitative estimate of drug-likeness (QED) is 0.342. The minimum absolute atomic E-state index is 0.0314. The number of hydrogen-bond acceptors (Lipinski definition) is 4. The minimum Gasteiger partial charge on any atom is -0.481 e. The Morgan fingerprint density at radius 1 is 0.956 bits per heavy atom. The standard InChI is InChI=1S/C35H38N4O6/c1-4-19-22-7-6-8-23-24(10-12-33(42)43)28(36-26(23)15-27(22)37-34(19)44)17-31-21(9-11-32(40)41)18(3)30-16-29-25(13-14-39(30)31)20(5-2)35(45)38-29/h15-17,36H,4-14H2,1-3H3,(H,37,44)(H,40,41)(H,42,43)/b27-15+,31-17-. The molecule has 2 aromatic rings. The lowest BCUT2D eigenvalue weighted by Crippen LogP contribution is -2.28. The topological polar surface area (TPSA) is 154 Å². The van der Waals surface area contributed by atoms with E-state index in [0.717, 1.165) is 91.6 Å². The molecule has 45 heavy (non-hydrogen) atoms. The number of nitrogens with one attached hydrogen (secondary N) is 2. The third-order valence-corrected chi connectivity index (χ3v) is 9.54. The Bertz CT molecular complexity index is 1930. The highest BCUT2D eigenvalue weighted by Crippen LogP contribution is 2.35. The lowest BCUT2D eigenvalue weighted by molar-refractivity contribution is -0.138. The second-order valence-electron chi connectivity index (χ2n) is 12.1. The summed E-state index contributed by atoms with van der Waals surface area (Å²) < 4.78 is 2.18. The molecule has 0 radical (unpaired) electrons. The molecular weight excluding hydrogens is 572 g/mol. The summed E-state index contributed by atoms with van der Waals surface area (Å²) in [6.07, 6.45) is 10.8. The molecule has 0 atom stereocenters. The molecule has 0 saturated carbocycles. The predicted molar refractivity (Wildman–Crippen MR) is 170 cm³/mol. The molecule has 5 heterocycles. The SMILES string of the molecule is CCC1=C2CCn3c(c(C)c(CCC(=O)O)/c3=C/c3[nH]c4c(c3CCC(=O)O)CCCC3=C(CC)C(=O)N/C3=C/4)=CC2=NC1=O. The summed E-state index contributed by atoms with van der Waals surface area (Å²) in [6.45, 7) is 6.52. The number of aromatic nitrogens is 2. The van der Waals surface area contributed by atoms with Gasteiger partial charge in [0.1, 0.15) is 0 Å². The highest BCUT2D eigenvalue weighted by molar-refractivity contribution is 6.31. The third-order valence-electron chi connectivity index (χ3n) is 9.54. The van der Waals surface area contributed by atoms with E-state index in [4.69, 9.17) is 0 Å². The molecule has 2 amide bonds. The van der Waals surface area contributed by atoms with Crippen molar-refractivity contribution in [3.05, 3.63) is 72.3 Å². The van der Waals surface area contributed by atoms with E-state index in [1.165, 1.54) is 0 Å². The first kappa shape index (κ1) is 30.3. The smallest absolute Gasteiger partial charge is 0.303 e. The molecule has 0 unspecified atom stereocenters. The van der Waals surface area contributed by atoms with Gasteiger partial charge in [0.25, 0.3) is 11.8 Å². The van der Waals surface area contributed by atoms with Gasteiger partial charge in [0.15, 0.2) is 0 Å². The Morgan fingerprint density at radius 3 is 2.36 bits per heavy atom. The molecule has 0 spiro atoms. The van der Waals surface area contributed by atoms with E-state index in [-0.39, 0.29) is 24.7 Å². The molecule has 10 nitrogen and oxygen atoms in total. The number of carbonyl (C=O) groups is 4. The van der Waals surface area contributed by atoms with Gasteiger partial charge in [-0.05, 0) is 110 Å². The number of aromatic amines is 1. The number of amides is 2. The maximum absolute atomic E-state index is 12.7. The van der Waals surface area contributed by atoms with Crippen LogP contribution in [0.25, 0.3) is 18.2 Å². The lowest BCUT2D eigenvalue weighted by atomic mass is 9.92. The third kappa shape index (κ3) is 5.43. The number of carbonyl (C=O) groups excluding carboxylic acids is 2. The van der Waals surface area contributed by atoms with Gasteiger partial charge in [0.2, 0.25) is 0 Å². The predicted octanol–water partition coefficient (Wildman–Crippen LogP) is 3.37. The molecule has 234 valence electrons. The van der Waals surface area contributed by atoms with Crippen LogP contribution in [-0.4, -0.2) is 49.2 Å². The van der Waals surface area contributed by atoms with Crippen molar-refractivity contribution in [3.63, 3.8) is 0 Å². The molecule has 3 aliphatic heterocycles. The van der Waals surface area contributed by atoms with Gasteiger partial charge in [-0.2, -0.15) is 0 Å². The van der Waals surface area contributed by atoms with Crippen molar-refractivity contribution < 1.29 is 29.4 Å². The molecule has 0 bridgehead atoms. The molecule has 1 aliphatic carbocycles. The van der Waals surface area contributed by atoms with Crippen molar-refractivity contribution in [1.82, 2.24) is 14.9 Å². The van der Waals surface area contributed by atoms with Crippen LogP contribution in [-0.2, 0) is 45.0 Å². The van der Waals surface area contributed by atoms with Gasteiger partial charge in [-0.15, -0.1) is 0 Å². The van der Waals surface area contributed by atoms with E-state index in [1.54, 1.807) is 0 Å². The number of rotatable bonds is 9. The highest BCUT2D eigenvalue weighted by Gasteiger charge is 2.29. The Morgan fingerprint density at radius 2 is 1.67 bits per heavy atom. The van der Waals surface area contributed by atoms with Gasteiger partial charge in [0.05, 0.1) is 5.71 Å². The Balaban J connectivity index is 1.57. The molecule has 2 aromatic heterocycles. The summed E-state index contributed by atoms with van der Waals surface area (Å²) >= 11 is 0. The maximum atomic E-state index is 12.7. The van der Waals surface area contributed by atoms with Crippen LogP contribution in [0.5, 0.6) is 0 Å². The molecule has 4 N–H and O–H groups in total. The molecule has 0 aromatic carbocycles. The van der Waals surface area contributed by atoms with Crippen LogP contribution in [0.4, 0.5) is 0 Å². The lowest BCUT2D eigenvalue weighted by Gasteiger charge is -2.13. The van der Waals surface area contributed by atoms with Gasteiger partial charge in [0, 0.05) is 58.3 Å². The summed E-state index contributed by atoms with van der Waals surface area (Å²) in [5, 5.41) is 24.0. The summed E-state index contributed by atoms with van der Waals surface area (Å²) in [4.78, 5) is 56.6. The summed E-state index contributed by atoms with van der Waals surface area (Å²) in [5.41, 5.74) is 10.5. The van der Waals surface area contributed by atoms with Crippen LogP contribution < -0.4 is 16.0 Å². The van der Waals surface area contributed by atoms with Crippen molar-refractivity contribution in [2.75, 3.05) is 0 Å². The summed E-state index contributed by atoms with van der Waals surface area (Å²) in [6, 6.07) is 0. The number of H-pyrrole nitrogens is 1. The van der Waals surface area contributed by atoms with Crippen LogP contribution in [0.1, 0.15) is 92.4 Å².